The summed E-state index contributed by atoms with van der Waals surface area (Å²) < 4.78 is 5.31. The molecule has 4 aromatic rings. The standard InChI is InChI=1S/C29H22ClN3O4/c1-37-22-14-11-19(12-15-22)25-18-27(20-7-3-2-4-8-20)32(26-10-6-5-9-24(26)31-25)29(34)21-13-16-23(30)28(17-21)33(35)36/h2-17,27H,18H2,1H3/t27-/m1/s1. The molecule has 1 heterocycles. The van der Waals surface area contributed by atoms with Crippen LogP contribution in [0.1, 0.15) is 33.9 Å². The number of nitro groups is 1. The van der Waals surface area contributed by atoms with Crippen molar-refractivity contribution >= 4 is 40.3 Å². The van der Waals surface area contributed by atoms with Crippen LogP contribution in [0.3, 0.4) is 0 Å². The second-order valence-corrected chi connectivity index (χ2v) is 8.91. The maximum Gasteiger partial charge on any atom is 0.288 e. The fraction of sp³-hybridized carbons (Fsp3) is 0.103. The molecule has 5 rings (SSSR count). The molecular formula is C29H22ClN3O4. The van der Waals surface area contributed by atoms with Crippen molar-refractivity contribution in [2.24, 2.45) is 4.99 Å². The second kappa shape index (κ2) is 10.2. The summed E-state index contributed by atoms with van der Waals surface area (Å²) in [6.45, 7) is 0. The molecule has 0 spiro atoms. The molecule has 0 saturated carbocycles. The van der Waals surface area contributed by atoms with Crippen LogP contribution >= 0.6 is 11.6 Å². The molecule has 1 amide bonds. The average Bonchev–Trinajstić information content (AvgIpc) is 3.10. The maximum atomic E-state index is 14.1. The number of halogens is 1. The number of hydrogen-bond donors (Lipinski definition) is 0. The predicted molar refractivity (Wildman–Crippen MR) is 144 cm³/mol. The van der Waals surface area contributed by atoms with E-state index >= 15 is 0 Å². The summed E-state index contributed by atoms with van der Waals surface area (Å²) in [6, 6.07) is 28.5. The first-order valence-corrected chi connectivity index (χ1v) is 12.0. The summed E-state index contributed by atoms with van der Waals surface area (Å²) in [4.78, 5) is 31.7. The van der Waals surface area contributed by atoms with E-state index < -0.39 is 11.0 Å². The number of methoxy groups -OCH3 is 1. The summed E-state index contributed by atoms with van der Waals surface area (Å²) in [5, 5.41) is 11.5. The van der Waals surface area contributed by atoms with Gasteiger partial charge in [0.1, 0.15) is 10.8 Å². The molecule has 0 radical (unpaired) electrons. The van der Waals surface area contributed by atoms with Crippen molar-refractivity contribution in [2.75, 3.05) is 12.0 Å². The maximum absolute atomic E-state index is 14.1. The minimum absolute atomic E-state index is 0.0254. The van der Waals surface area contributed by atoms with Gasteiger partial charge in [-0.3, -0.25) is 24.8 Å². The zero-order valence-electron chi connectivity index (χ0n) is 19.9. The van der Waals surface area contributed by atoms with Crippen LogP contribution in [0.25, 0.3) is 0 Å². The molecule has 184 valence electrons. The minimum Gasteiger partial charge on any atom is -0.497 e. The first-order chi connectivity index (χ1) is 18.0. The predicted octanol–water partition coefficient (Wildman–Crippen LogP) is 7.17. The lowest BCUT2D eigenvalue weighted by molar-refractivity contribution is -0.384. The number of fused-ring (bicyclic) bond motifs is 1. The fourth-order valence-electron chi connectivity index (χ4n) is 4.48. The van der Waals surface area contributed by atoms with Crippen LogP contribution in [0, 0.1) is 10.1 Å². The normalized spacial score (nSPS) is 14.8. The van der Waals surface area contributed by atoms with Gasteiger partial charge in [-0.1, -0.05) is 54.1 Å². The van der Waals surface area contributed by atoms with Crippen molar-refractivity contribution in [3.8, 4) is 5.75 Å². The quantitative estimate of drug-likeness (QED) is 0.210. The van der Waals surface area contributed by atoms with Crippen molar-refractivity contribution in [3.05, 3.63) is 129 Å². The van der Waals surface area contributed by atoms with Crippen molar-refractivity contribution < 1.29 is 14.5 Å². The number of carbonyl (C=O) groups excluding carboxylic acids is 1. The Hall–Kier alpha value is -4.49. The van der Waals surface area contributed by atoms with Crippen molar-refractivity contribution in [3.63, 3.8) is 0 Å². The van der Waals surface area contributed by atoms with Crippen LogP contribution in [0.15, 0.2) is 102 Å². The Labute approximate surface area is 218 Å². The van der Waals surface area contributed by atoms with Crippen LogP contribution in [-0.4, -0.2) is 23.7 Å². The lowest BCUT2D eigenvalue weighted by atomic mass is 9.95. The zero-order chi connectivity index (χ0) is 25.9. The lowest BCUT2D eigenvalue weighted by Gasteiger charge is -2.32. The first-order valence-electron chi connectivity index (χ1n) is 11.6. The van der Waals surface area contributed by atoms with Gasteiger partial charge in [-0.25, -0.2) is 0 Å². The van der Waals surface area contributed by atoms with Crippen LogP contribution < -0.4 is 9.64 Å². The number of aliphatic imine (C=N–C) groups is 1. The van der Waals surface area contributed by atoms with Gasteiger partial charge in [0.25, 0.3) is 11.6 Å². The van der Waals surface area contributed by atoms with E-state index in [1.807, 2.05) is 78.9 Å². The topological polar surface area (TPSA) is 85.0 Å². The molecule has 4 aromatic carbocycles. The molecule has 0 fully saturated rings. The molecular weight excluding hydrogens is 490 g/mol. The number of nitro benzene ring substituents is 1. The van der Waals surface area contributed by atoms with Crippen molar-refractivity contribution in [1.29, 1.82) is 0 Å². The van der Waals surface area contributed by atoms with Crippen LogP contribution in [0.4, 0.5) is 17.1 Å². The summed E-state index contributed by atoms with van der Waals surface area (Å²) >= 11 is 6.03. The van der Waals surface area contributed by atoms with Crippen LogP contribution in [0.2, 0.25) is 5.02 Å². The monoisotopic (exact) mass is 511 g/mol. The van der Waals surface area contributed by atoms with Crippen LogP contribution in [0.5, 0.6) is 5.75 Å². The van der Waals surface area contributed by atoms with Gasteiger partial charge in [-0.2, -0.15) is 0 Å². The zero-order valence-corrected chi connectivity index (χ0v) is 20.6. The number of hydrogen-bond acceptors (Lipinski definition) is 5. The van der Waals surface area contributed by atoms with E-state index in [2.05, 4.69) is 0 Å². The van der Waals surface area contributed by atoms with Gasteiger partial charge in [0.05, 0.1) is 35.2 Å². The SMILES string of the molecule is COc1ccc(C2=Nc3ccccc3N(C(=O)c3ccc(Cl)c([N+](=O)[O-])c3)[C@@H](c3ccccc3)C2)cc1. The van der Waals surface area contributed by atoms with Gasteiger partial charge in [0.2, 0.25) is 0 Å². The number of amides is 1. The van der Waals surface area contributed by atoms with Gasteiger partial charge >= 0.3 is 0 Å². The highest BCUT2D eigenvalue weighted by molar-refractivity contribution is 6.32. The van der Waals surface area contributed by atoms with E-state index in [0.29, 0.717) is 17.8 Å². The third kappa shape index (κ3) is 4.81. The highest BCUT2D eigenvalue weighted by atomic mass is 35.5. The number of benzene rings is 4. The minimum atomic E-state index is -0.588. The molecule has 1 aliphatic rings. The molecule has 7 nitrogen and oxygen atoms in total. The molecule has 0 N–H and O–H groups in total. The van der Waals surface area contributed by atoms with Crippen LogP contribution in [-0.2, 0) is 0 Å². The summed E-state index contributed by atoms with van der Waals surface area (Å²) in [7, 11) is 1.62. The largest absolute Gasteiger partial charge is 0.497 e. The van der Waals surface area contributed by atoms with Gasteiger partial charge < -0.3 is 4.74 Å². The third-order valence-electron chi connectivity index (χ3n) is 6.31. The molecule has 0 aromatic heterocycles. The number of ether oxygens (including phenoxy) is 1. The Kier molecular flexibility index (Phi) is 6.70. The van der Waals surface area contributed by atoms with E-state index in [9.17, 15) is 14.9 Å². The molecule has 37 heavy (non-hydrogen) atoms. The first kappa shape index (κ1) is 24.2. The molecule has 0 aliphatic carbocycles. The molecule has 8 heteroatoms. The highest BCUT2D eigenvalue weighted by Gasteiger charge is 2.33. The number of para-hydroxylation sites is 2. The Morgan fingerprint density at radius 1 is 1.00 bits per heavy atom. The summed E-state index contributed by atoms with van der Waals surface area (Å²) in [5.41, 5.74) is 3.72. The van der Waals surface area contributed by atoms with Gasteiger partial charge in [-0.15, -0.1) is 0 Å². The number of nitrogens with zero attached hydrogens (tertiary/aromatic N) is 3. The van der Waals surface area contributed by atoms with E-state index in [4.69, 9.17) is 21.3 Å². The molecule has 0 unspecified atom stereocenters. The lowest BCUT2D eigenvalue weighted by Crippen LogP contribution is -2.35. The number of carbonyl (C=O) groups is 1. The Bertz CT molecular complexity index is 1500. The van der Waals surface area contributed by atoms with E-state index in [1.165, 1.54) is 18.2 Å². The molecule has 1 atom stereocenters. The van der Waals surface area contributed by atoms with Gasteiger partial charge in [0, 0.05) is 18.1 Å². The van der Waals surface area contributed by atoms with E-state index in [0.717, 1.165) is 22.6 Å². The number of anilines is 1. The van der Waals surface area contributed by atoms with Crippen molar-refractivity contribution in [1.82, 2.24) is 0 Å². The summed E-state index contributed by atoms with van der Waals surface area (Å²) in [6.07, 6.45) is 0.423. The average molecular weight is 512 g/mol. The Morgan fingerprint density at radius 3 is 2.41 bits per heavy atom. The molecule has 0 bridgehead atoms. The smallest absolute Gasteiger partial charge is 0.288 e. The Morgan fingerprint density at radius 2 is 1.70 bits per heavy atom. The molecule has 0 saturated heterocycles. The van der Waals surface area contributed by atoms with E-state index in [-0.39, 0.29) is 22.2 Å². The third-order valence-corrected chi connectivity index (χ3v) is 6.63. The highest BCUT2D eigenvalue weighted by Crippen LogP contribution is 2.42. The molecule has 1 aliphatic heterocycles. The van der Waals surface area contributed by atoms with Crippen molar-refractivity contribution in [2.45, 2.75) is 12.5 Å². The number of rotatable bonds is 5. The fourth-order valence-corrected chi connectivity index (χ4v) is 4.67. The van der Waals surface area contributed by atoms with E-state index in [1.54, 1.807) is 12.0 Å². The Balaban J connectivity index is 1.67. The van der Waals surface area contributed by atoms with Gasteiger partial charge in [-0.05, 0) is 59.7 Å². The summed E-state index contributed by atoms with van der Waals surface area (Å²) in [5.74, 6) is 0.353. The van der Waals surface area contributed by atoms with Gasteiger partial charge in [0.15, 0.2) is 0 Å². The second-order valence-electron chi connectivity index (χ2n) is 8.50.